The van der Waals surface area contributed by atoms with Crippen molar-refractivity contribution in [2.75, 3.05) is 4.90 Å². The Labute approximate surface area is 301 Å². The first-order valence-electron chi connectivity index (χ1n) is 18.9. The second-order valence-electron chi connectivity index (χ2n) is 16.1. The van der Waals surface area contributed by atoms with Gasteiger partial charge in [-0.15, -0.1) is 0 Å². The zero-order valence-corrected chi connectivity index (χ0v) is 29.4. The van der Waals surface area contributed by atoms with Crippen LogP contribution in [0.15, 0.2) is 152 Å². The quantitative estimate of drug-likeness (QED) is 0.182. The van der Waals surface area contributed by atoms with E-state index in [1.165, 1.54) is 98.0 Å². The third-order valence-corrected chi connectivity index (χ3v) is 13.3. The van der Waals surface area contributed by atoms with Crippen LogP contribution in [-0.2, 0) is 10.8 Å². The average Bonchev–Trinajstić information content (AvgIpc) is 3.92. The minimum atomic E-state index is -0.134. The molecule has 2 fully saturated rings. The highest BCUT2D eigenvalue weighted by Gasteiger charge is 2.56. The molecular weight excluding hydrogens is 615 g/mol. The van der Waals surface area contributed by atoms with E-state index in [0.717, 1.165) is 11.8 Å². The molecule has 0 saturated heterocycles. The smallest absolute Gasteiger partial charge is 0.0508 e. The van der Waals surface area contributed by atoms with Crippen molar-refractivity contribution in [2.24, 2.45) is 11.8 Å². The number of anilines is 3. The maximum Gasteiger partial charge on any atom is 0.0508 e. The van der Waals surface area contributed by atoms with Crippen molar-refractivity contribution in [3.05, 3.63) is 174 Å². The number of hydrogen-bond donors (Lipinski definition) is 0. The first-order chi connectivity index (χ1) is 25.0. The number of rotatable bonds is 4. The summed E-state index contributed by atoms with van der Waals surface area (Å²) in [5.74, 6) is 1.57. The molecule has 0 aromatic heterocycles. The molecule has 246 valence electrons. The van der Waals surface area contributed by atoms with Crippen LogP contribution in [0.1, 0.15) is 61.8 Å². The molecule has 2 bridgehead atoms. The van der Waals surface area contributed by atoms with E-state index < -0.39 is 0 Å². The summed E-state index contributed by atoms with van der Waals surface area (Å²) in [5, 5.41) is 2.55. The lowest BCUT2D eigenvalue weighted by atomic mass is 9.67. The maximum atomic E-state index is 2.60. The molecule has 7 aromatic rings. The Morgan fingerprint density at radius 2 is 1.18 bits per heavy atom. The Hall–Kier alpha value is -5.40. The first-order valence-corrected chi connectivity index (χ1v) is 18.9. The standard InChI is InChI=1S/C50H41N/c1-49(2)44-15-7-5-13-41(44)43-14-9-17-47(48(43)49)51(38-24-21-34(22-25-38)36-20-19-33-10-3-4-11-35(33)29-36)39-26-27-42-40-12-6-8-16-45(40)50(46(42)30-39)31-32-18-23-37(50)28-32/h3-17,19-22,24-27,29-30,32,37H,18,23,28,31H2,1-2H3. The van der Waals surface area contributed by atoms with Crippen molar-refractivity contribution < 1.29 is 0 Å². The monoisotopic (exact) mass is 655 g/mol. The highest BCUT2D eigenvalue weighted by molar-refractivity contribution is 5.93. The second-order valence-corrected chi connectivity index (χ2v) is 16.1. The first kappa shape index (κ1) is 29.3. The van der Waals surface area contributed by atoms with Crippen molar-refractivity contribution in [3.8, 4) is 33.4 Å². The maximum absolute atomic E-state index is 2.60. The van der Waals surface area contributed by atoms with Crippen LogP contribution in [-0.4, -0.2) is 0 Å². The van der Waals surface area contributed by atoms with Gasteiger partial charge in [0.15, 0.2) is 0 Å². The van der Waals surface area contributed by atoms with Gasteiger partial charge < -0.3 is 4.90 Å². The lowest BCUT2D eigenvalue weighted by molar-refractivity contribution is 0.327. The molecule has 11 rings (SSSR count). The van der Waals surface area contributed by atoms with Crippen LogP contribution in [0.3, 0.4) is 0 Å². The van der Waals surface area contributed by atoms with E-state index >= 15 is 0 Å². The van der Waals surface area contributed by atoms with Crippen LogP contribution in [0.5, 0.6) is 0 Å². The summed E-state index contributed by atoms with van der Waals surface area (Å²) in [5.41, 5.74) is 17.7. The highest BCUT2D eigenvalue weighted by Crippen LogP contribution is 2.66. The summed E-state index contributed by atoms with van der Waals surface area (Å²) in [6.45, 7) is 4.82. The summed E-state index contributed by atoms with van der Waals surface area (Å²) >= 11 is 0. The van der Waals surface area contributed by atoms with E-state index in [0.29, 0.717) is 0 Å². The number of nitrogens with zero attached hydrogens (tertiary/aromatic N) is 1. The molecule has 4 aliphatic rings. The largest absolute Gasteiger partial charge is 0.310 e. The highest BCUT2D eigenvalue weighted by atomic mass is 15.1. The zero-order valence-electron chi connectivity index (χ0n) is 29.4. The molecule has 0 aliphatic heterocycles. The molecular formula is C50H41N. The number of fused-ring (bicyclic) bond motifs is 12. The molecule has 2 saturated carbocycles. The van der Waals surface area contributed by atoms with Crippen molar-refractivity contribution >= 4 is 27.8 Å². The van der Waals surface area contributed by atoms with Crippen LogP contribution >= 0.6 is 0 Å². The van der Waals surface area contributed by atoms with Gasteiger partial charge in [-0.25, -0.2) is 0 Å². The van der Waals surface area contributed by atoms with E-state index in [1.54, 1.807) is 11.1 Å². The van der Waals surface area contributed by atoms with Gasteiger partial charge in [-0.2, -0.15) is 0 Å². The van der Waals surface area contributed by atoms with Gasteiger partial charge in [0.2, 0.25) is 0 Å². The van der Waals surface area contributed by atoms with Gasteiger partial charge in [0.25, 0.3) is 0 Å². The predicted molar refractivity (Wildman–Crippen MR) is 213 cm³/mol. The van der Waals surface area contributed by atoms with E-state index in [-0.39, 0.29) is 10.8 Å². The summed E-state index contributed by atoms with van der Waals surface area (Å²) in [4.78, 5) is 2.57. The zero-order chi connectivity index (χ0) is 33.9. The SMILES string of the molecule is CC1(C)c2ccccc2-c2cccc(N(c3ccc(-c4ccc5ccccc5c4)cc3)c3ccc4c(c3)C3(CC5CCC3C5)c3ccccc3-4)c21. The topological polar surface area (TPSA) is 3.24 Å². The van der Waals surface area contributed by atoms with Crippen LogP contribution in [0, 0.1) is 11.8 Å². The van der Waals surface area contributed by atoms with Crippen LogP contribution in [0.25, 0.3) is 44.2 Å². The van der Waals surface area contributed by atoms with Gasteiger partial charge in [-0.3, -0.25) is 0 Å². The van der Waals surface area contributed by atoms with Gasteiger partial charge in [-0.05, 0) is 134 Å². The number of hydrogen-bond acceptors (Lipinski definition) is 1. The van der Waals surface area contributed by atoms with Gasteiger partial charge >= 0.3 is 0 Å². The third kappa shape index (κ3) is 4.04. The minimum absolute atomic E-state index is 0.130. The molecule has 4 aliphatic carbocycles. The van der Waals surface area contributed by atoms with E-state index in [1.807, 2.05) is 0 Å². The molecule has 0 amide bonds. The van der Waals surface area contributed by atoms with Gasteiger partial charge in [0, 0.05) is 22.2 Å². The lowest BCUT2D eigenvalue weighted by Crippen LogP contribution is -2.32. The predicted octanol–water partition coefficient (Wildman–Crippen LogP) is 13.4. The van der Waals surface area contributed by atoms with E-state index in [9.17, 15) is 0 Å². The fraction of sp³-hybridized carbons (Fsp3) is 0.200. The second kappa shape index (κ2) is 10.6. The van der Waals surface area contributed by atoms with Gasteiger partial charge in [0.05, 0.1) is 5.69 Å². The summed E-state index contributed by atoms with van der Waals surface area (Å²) in [6.07, 6.45) is 5.40. The summed E-state index contributed by atoms with van der Waals surface area (Å²) in [6, 6.07) is 57.5. The Morgan fingerprint density at radius 3 is 1.96 bits per heavy atom. The van der Waals surface area contributed by atoms with Gasteiger partial charge in [-0.1, -0.05) is 136 Å². The molecule has 1 spiro atoms. The fourth-order valence-corrected chi connectivity index (χ4v) is 11.1. The van der Waals surface area contributed by atoms with Crippen molar-refractivity contribution in [1.82, 2.24) is 0 Å². The van der Waals surface area contributed by atoms with Crippen molar-refractivity contribution in [3.63, 3.8) is 0 Å². The van der Waals surface area contributed by atoms with Crippen molar-refractivity contribution in [2.45, 2.75) is 50.4 Å². The molecule has 1 heteroatoms. The molecule has 0 heterocycles. The molecule has 0 radical (unpaired) electrons. The van der Waals surface area contributed by atoms with Crippen molar-refractivity contribution in [1.29, 1.82) is 0 Å². The van der Waals surface area contributed by atoms with E-state index in [2.05, 4.69) is 170 Å². The Kier molecular flexibility index (Phi) is 6.08. The number of benzene rings is 7. The van der Waals surface area contributed by atoms with Gasteiger partial charge in [0.1, 0.15) is 0 Å². The Bertz CT molecular complexity index is 2540. The lowest BCUT2D eigenvalue weighted by Gasteiger charge is -2.37. The summed E-state index contributed by atoms with van der Waals surface area (Å²) < 4.78 is 0. The van der Waals surface area contributed by atoms with Crippen LogP contribution < -0.4 is 4.90 Å². The Balaban J connectivity index is 1.11. The molecule has 3 atom stereocenters. The molecule has 7 aromatic carbocycles. The minimum Gasteiger partial charge on any atom is -0.310 e. The molecule has 0 N–H and O–H groups in total. The molecule has 1 nitrogen and oxygen atoms in total. The summed E-state index contributed by atoms with van der Waals surface area (Å²) in [7, 11) is 0. The third-order valence-electron chi connectivity index (χ3n) is 13.3. The Morgan fingerprint density at radius 1 is 0.510 bits per heavy atom. The fourth-order valence-electron chi connectivity index (χ4n) is 11.1. The average molecular weight is 656 g/mol. The normalized spacial score (nSPS) is 21.5. The molecule has 3 unspecified atom stereocenters. The molecule has 51 heavy (non-hydrogen) atoms. The van der Waals surface area contributed by atoms with Crippen LogP contribution in [0.4, 0.5) is 17.1 Å². The van der Waals surface area contributed by atoms with E-state index in [4.69, 9.17) is 0 Å². The van der Waals surface area contributed by atoms with Crippen LogP contribution in [0.2, 0.25) is 0 Å².